The summed E-state index contributed by atoms with van der Waals surface area (Å²) < 4.78 is 5.57. The number of rotatable bonds is 1. The zero-order chi connectivity index (χ0) is 20.8. The minimum Gasteiger partial charge on any atom is -0.457 e. The first-order valence-corrected chi connectivity index (χ1v) is 10.3. The Bertz CT molecular complexity index is 743. The molecule has 4 rings (SSSR count). The van der Waals surface area contributed by atoms with E-state index >= 15 is 0 Å². The van der Waals surface area contributed by atoms with Gasteiger partial charge in [0.15, 0.2) is 0 Å². The maximum atomic E-state index is 13.7. The zero-order valence-electron chi connectivity index (χ0n) is 17.1. The molecule has 3 N–H and O–H groups in total. The molecule has 0 aromatic carbocycles. The van der Waals surface area contributed by atoms with Crippen LogP contribution in [0.1, 0.15) is 53.4 Å². The van der Waals surface area contributed by atoms with Gasteiger partial charge in [0.1, 0.15) is 17.3 Å². The average molecular weight is 392 g/mol. The minimum atomic E-state index is -1.44. The maximum absolute atomic E-state index is 13.7. The van der Waals surface area contributed by atoms with Crippen molar-refractivity contribution in [3.8, 4) is 0 Å². The molecule has 9 atom stereocenters. The van der Waals surface area contributed by atoms with Gasteiger partial charge in [0.2, 0.25) is 0 Å². The zero-order valence-corrected chi connectivity index (χ0v) is 17.1. The number of Topliss-reactive ketones (excluding diaryl/α,β-unsaturated/α-hetero) is 1. The standard InChI is InChI=1S/C22H32O6/c1-10-14-15(25)16(26)17-21(5)8-6-7-20(3,4)12(21)9-13(24)22(17,18(14)27)19(10)28-11(2)23/h12,14-19,25-27H,1,6-9H2,2-5H3/t12-,14+,15+,16-,17+,18+,19+,21-,22-/m0/s1. The molecular weight excluding hydrogens is 360 g/mol. The molecule has 6 heteroatoms. The highest BCUT2D eigenvalue weighted by Crippen LogP contribution is 2.71. The van der Waals surface area contributed by atoms with Crippen LogP contribution >= 0.6 is 0 Å². The van der Waals surface area contributed by atoms with E-state index in [4.69, 9.17) is 4.74 Å². The van der Waals surface area contributed by atoms with E-state index in [1.54, 1.807) is 0 Å². The summed E-state index contributed by atoms with van der Waals surface area (Å²) in [5.41, 5.74) is -1.67. The Morgan fingerprint density at radius 3 is 2.39 bits per heavy atom. The summed E-state index contributed by atoms with van der Waals surface area (Å²) in [5.74, 6) is -2.29. The lowest BCUT2D eigenvalue weighted by Crippen LogP contribution is -2.72. The first-order valence-electron chi connectivity index (χ1n) is 10.3. The van der Waals surface area contributed by atoms with Crippen molar-refractivity contribution in [1.29, 1.82) is 0 Å². The van der Waals surface area contributed by atoms with E-state index < -0.39 is 53.1 Å². The number of ether oxygens (including phenoxy) is 1. The van der Waals surface area contributed by atoms with Crippen LogP contribution in [0.5, 0.6) is 0 Å². The highest BCUT2D eigenvalue weighted by atomic mass is 16.5. The molecule has 4 fully saturated rings. The van der Waals surface area contributed by atoms with Gasteiger partial charge in [-0.05, 0) is 35.2 Å². The van der Waals surface area contributed by atoms with Crippen LogP contribution in [0.15, 0.2) is 12.2 Å². The Morgan fingerprint density at radius 2 is 1.79 bits per heavy atom. The molecule has 0 unspecified atom stereocenters. The van der Waals surface area contributed by atoms with Crippen LogP contribution in [-0.4, -0.2) is 51.5 Å². The fraction of sp³-hybridized carbons (Fsp3) is 0.818. The molecular formula is C22H32O6. The molecule has 4 saturated carbocycles. The van der Waals surface area contributed by atoms with E-state index in [0.717, 1.165) is 19.3 Å². The Kier molecular flexibility index (Phi) is 4.22. The number of esters is 1. The minimum absolute atomic E-state index is 0.0225. The lowest BCUT2D eigenvalue weighted by molar-refractivity contribution is -0.248. The first-order chi connectivity index (χ1) is 12.9. The highest BCUT2D eigenvalue weighted by Gasteiger charge is 2.78. The summed E-state index contributed by atoms with van der Waals surface area (Å²) in [7, 11) is 0. The van der Waals surface area contributed by atoms with Crippen molar-refractivity contribution in [1.82, 2.24) is 0 Å². The van der Waals surface area contributed by atoms with Gasteiger partial charge in [-0.2, -0.15) is 0 Å². The molecule has 2 bridgehead atoms. The maximum Gasteiger partial charge on any atom is 0.303 e. The van der Waals surface area contributed by atoms with Gasteiger partial charge in [-0.3, -0.25) is 9.59 Å². The summed E-state index contributed by atoms with van der Waals surface area (Å²) in [6.45, 7) is 11.6. The van der Waals surface area contributed by atoms with Gasteiger partial charge >= 0.3 is 5.97 Å². The quantitative estimate of drug-likeness (QED) is 0.463. The smallest absolute Gasteiger partial charge is 0.303 e. The van der Waals surface area contributed by atoms with Gasteiger partial charge in [0.05, 0.1) is 18.3 Å². The fourth-order valence-corrected chi connectivity index (χ4v) is 7.75. The highest BCUT2D eigenvalue weighted by molar-refractivity contribution is 5.90. The summed E-state index contributed by atoms with van der Waals surface area (Å²) in [6, 6.07) is 0. The Labute approximate surface area is 166 Å². The van der Waals surface area contributed by atoms with E-state index in [-0.39, 0.29) is 23.5 Å². The van der Waals surface area contributed by atoms with Crippen molar-refractivity contribution >= 4 is 11.8 Å². The van der Waals surface area contributed by atoms with Crippen molar-refractivity contribution in [3.05, 3.63) is 12.2 Å². The molecule has 0 aliphatic heterocycles. The van der Waals surface area contributed by atoms with Crippen molar-refractivity contribution in [2.45, 2.75) is 77.8 Å². The normalized spacial score (nSPS) is 52.0. The van der Waals surface area contributed by atoms with E-state index in [2.05, 4.69) is 27.4 Å². The second-order valence-electron chi connectivity index (χ2n) is 10.5. The van der Waals surface area contributed by atoms with Crippen molar-refractivity contribution in [2.75, 3.05) is 0 Å². The number of aliphatic hydroxyl groups is 3. The second-order valence-corrected chi connectivity index (χ2v) is 10.5. The van der Waals surface area contributed by atoms with Gasteiger partial charge in [0.25, 0.3) is 0 Å². The van der Waals surface area contributed by atoms with Crippen molar-refractivity contribution in [3.63, 3.8) is 0 Å². The first kappa shape index (κ1) is 20.0. The molecule has 4 aliphatic carbocycles. The number of aliphatic hydroxyl groups excluding tert-OH is 3. The Hall–Kier alpha value is -1.24. The molecule has 28 heavy (non-hydrogen) atoms. The summed E-state index contributed by atoms with van der Waals surface area (Å²) >= 11 is 0. The third-order valence-electron chi connectivity index (χ3n) is 8.75. The molecule has 0 saturated heterocycles. The largest absolute Gasteiger partial charge is 0.457 e. The van der Waals surface area contributed by atoms with E-state index in [1.165, 1.54) is 6.92 Å². The molecule has 4 aliphatic rings. The molecule has 0 amide bonds. The number of carbonyl (C=O) groups is 2. The van der Waals surface area contributed by atoms with E-state index in [1.807, 2.05) is 0 Å². The Morgan fingerprint density at radius 1 is 1.14 bits per heavy atom. The number of carbonyl (C=O) groups excluding carboxylic acids is 2. The van der Waals surface area contributed by atoms with Gasteiger partial charge < -0.3 is 20.1 Å². The lowest BCUT2D eigenvalue weighted by atomic mass is 9.39. The molecule has 0 aromatic heterocycles. The predicted molar refractivity (Wildman–Crippen MR) is 101 cm³/mol. The molecule has 0 radical (unpaired) electrons. The summed E-state index contributed by atoms with van der Waals surface area (Å²) in [6.07, 6.45) is -1.66. The van der Waals surface area contributed by atoms with E-state index in [9.17, 15) is 24.9 Å². The summed E-state index contributed by atoms with van der Waals surface area (Å²) in [4.78, 5) is 25.6. The number of ketones is 1. The van der Waals surface area contributed by atoms with Gasteiger partial charge in [0, 0.05) is 25.2 Å². The van der Waals surface area contributed by atoms with Gasteiger partial charge in [-0.1, -0.05) is 33.8 Å². The number of hydrogen-bond acceptors (Lipinski definition) is 6. The molecule has 6 nitrogen and oxygen atoms in total. The van der Waals surface area contributed by atoms with Crippen LogP contribution in [-0.2, 0) is 14.3 Å². The molecule has 0 aromatic rings. The Balaban J connectivity index is 1.95. The molecule has 156 valence electrons. The third-order valence-corrected chi connectivity index (χ3v) is 8.75. The predicted octanol–water partition coefficient (Wildman–Crippen LogP) is 1.61. The van der Waals surface area contributed by atoms with Crippen LogP contribution in [0.25, 0.3) is 0 Å². The van der Waals surface area contributed by atoms with Crippen LogP contribution in [0.4, 0.5) is 0 Å². The van der Waals surface area contributed by atoms with Gasteiger partial charge in [-0.15, -0.1) is 0 Å². The van der Waals surface area contributed by atoms with Crippen LogP contribution in [0, 0.1) is 34.0 Å². The lowest BCUT2D eigenvalue weighted by Gasteiger charge is -2.65. The second kappa shape index (κ2) is 5.89. The molecule has 1 spiro atoms. The average Bonchev–Trinajstić information content (AvgIpc) is 2.73. The number of hydrogen-bond donors (Lipinski definition) is 3. The SMILES string of the molecule is C=C1[C@@H]2[C@@H](O)[C@H](O)[C@@H]3[C@@]4(C)CCCC(C)(C)[C@@H]4CC(=O)[C@@]3([C@@H]1OC(C)=O)[C@@H]2O. The van der Waals surface area contributed by atoms with Crippen LogP contribution < -0.4 is 0 Å². The van der Waals surface area contributed by atoms with Crippen molar-refractivity contribution in [2.24, 2.45) is 34.0 Å². The van der Waals surface area contributed by atoms with Crippen molar-refractivity contribution < 1.29 is 29.6 Å². The number of fused-ring (bicyclic) bond motifs is 3. The molecule has 0 heterocycles. The monoisotopic (exact) mass is 392 g/mol. The third kappa shape index (κ3) is 2.14. The van der Waals surface area contributed by atoms with E-state index in [0.29, 0.717) is 5.57 Å². The fourth-order valence-electron chi connectivity index (χ4n) is 7.75. The van der Waals surface area contributed by atoms with Crippen LogP contribution in [0.2, 0.25) is 0 Å². The summed E-state index contributed by atoms with van der Waals surface area (Å²) in [5, 5.41) is 33.4. The van der Waals surface area contributed by atoms with Crippen LogP contribution in [0.3, 0.4) is 0 Å². The topological polar surface area (TPSA) is 104 Å². The van der Waals surface area contributed by atoms with Gasteiger partial charge in [-0.25, -0.2) is 0 Å².